The highest BCUT2D eigenvalue weighted by Gasteiger charge is 2.09. The van der Waals surface area contributed by atoms with Crippen molar-refractivity contribution < 1.29 is 4.79 Å². The lowest BCUT2D eigenvalue weighted by atomic mass is 10.2. The van der Waals surface area contributed by atoms with E-state index >= 15 is 0 Å². The molecule has 1 aromatic heterocycles. The van der Waals surface area contributed by atoms with Crippen molar-refractivity contribution in [2.75, 3.05) is 12.0 Å². The zero-order valence-electron chi connectivity index (χ0n) is 9.49. The summed E-state index contributed by atoms with van der Waals surface area (Å²) in [6.45, 7) is 2.81. The molecular formula is C11H18N4O. The maximum Gasteiger partial charge on any atom is 0.255 e. The Bertz CT molecular complexity index is 341. The van der Waals surface area contributed by atoms with Crippen molar-refractivity contribution in [2.24, 2.45) is 5.84 Å². The first kappa shape index (κ1) is 12.4. The first-order chi connectivity index (χ1) is 7.79. The van der Waals surface area contributed by atoms with Crippen LogP contribution < -0.4 is 16.6 Å². The zero-order valence-corrected chi connectivity index (χ0v) is 9.49. The summed E-state index contributed by atoms with van der Waals surface area (Å²) in [6, 6.07) is 1.67. The zero-order chi connectivity index (χ0) is 11.8. The lowest BCUT2D eigenvalue weighted by Crippen LogP contribution is -2.26. The van der Waals surface area contributed by atoms with E-state index in [1.54, 1.807) is 12.3 Å². The van der Waals surface area contributed by atoms with Gasteiger partial charge in [0.05, 0.1) is 11.3 Å². The van der Waals surface area contributed by atoms with Crippen molar-refractivity contribution in [3.63, 3.8) is 0 Å². The smallest absolute Gasteiger partial charge is 0.255 e. The second-order valence-electron chi connectivity index (χ2n) is 3.53. The van der Waals surface area contributed by atoms with Gasteiger partial charge in [-0.25, -0.2) is 0 Å². The number of nitrogens with one attached hydrogen (secondary N) is 2. The fourth-order valence-electron chi connectivity index (χ4n) is 1.37. The number of carbonyl (C=O) groups excluding carboxylic acids is 1. The highest BCUT2D eigenvalue weighted by Crippen LogP contribution is 2.11. The molecule has 0 bridgehead atoms. The number of nitrogens with zero attached hydrogens (tertiary/aromatic N) is 1. The predicted octanol–water partition coefficient (Wildman–Crippen LogP) is 1.29. The van der Waals surface area contributed by atoms with Crippen LogP contribution in [0.25, 0.3) is 0 Å². The predicted molar refractivity (Wildman–Crippen MR) is 63.9 cm³/mol. The van der Waals surface area contributed by atoms with Gasteiger partial charge in [0.25, 0.3) is 5.91 Å². The summed E-state index contributed by atoms with van der Waals surface area (Å²) in [5, 5.41) is 2.83. The first-order valence-corrected chi connectivity index (χ1v) is 5.48. The van der Waals surface area contributed by atoms with Crippen LogP contribution in [0.15, 0.2) is 18.5 Å². The van der Waals surface area contributed by atoms with Crippen LogP contribution in [0.2, 0.25) is 0 Å². The summed E-state index contributed by atoms with van der Waals surface area (Å²) in [6.07, 6.45) is 6.34. The molecule has 0 spiro atoms. The number of pyridine rings is 1. The van der Waals surface area contributed by atoms with Crippen LogP contribution >= 0.6 is 0 Å². The van der Waals surface area contributed by atoms with Gasteiger partial charge in [0, 0.05) is 18.9 Å². The van der Waals surface area contributed by atoms with Gasteiger partial charge in [-0.15, -0.1) is 0 Å². The molecule has 0 saturated carbocycles. The number of hydrazine groups is 1. The third-order valence-corrected chi connectivity index (χ3v) is 2.29. The molecular weight excluding hydrogens is 204 g/mol. The Balaban J connectivity index is 2.52. The van der Waals surface area contributed by atoms with Gasteiger partial charge >= 0.3 is 0 Å². The second kappa shape index (κ2) is 6.79. The molecule has 0 radical (unpaired) electrons. The van der Waals surface area contributed by atoms with Gasteiger partial charge in [-0.2, -0.15) is 0 Å². The molecule has 0 aliphatic carbocycles. The number of carbonyl (C=O) groups is 1. The van der Waals surface area contributed by atoms with Crippen LogP contribution in [0.3, 0.4) is 0 Å². The van der Waals surface area contributed by atoms with Crippen LogP contribution in [0.1, 0.15) is 36.5 Å². The number of nitrogen functional groups attached to an aromatic ring is 1. The van der Waals surface area contributed by atoms with Crippen molar-refractivity contribution >= 4 is 11.6 Å². The highest BCUT2D eigenvalue weighted by atomic mass is 16.1. The molecule has 0 aliphatic heterocycles. The topological polar surface area (TPSA) is 80.0 Å². The Kier molecular flexibility index (Phi) is 5.28. The van der Waals surface area contributed by atoms with Crippen LogP contribution in [-0.2, 0) is 0 Å². The number of hydrogen-bond acceptors (Lipinski definition) is 4. The number of amides is 1. The second-order valence-corrected chi connectivity index (χ2v) is 3.53. The third-order valence-electron chi connectivity index (χ3n) is 2.29. The Morgan fingerprint density at radius 1 is 1.50 bits per heavy atom. The highest BCUT2D eigenvalue weighted by molar-refractivity contribution is 5.99. The quantitative estimate of drug-likeness (QED) is 0.385. The minimum atomic E-state index is -0.142. The number of rotatable bonds is 6. The Hall–Kier alpha value is -1.62. The molecule has 4 N–H and O–H groups in total. The van der Waals surface area contributed by atoms with Crippen molar-refractivity contribution in [3.8, 4) is 0 Å². The molecule has 0 aliphatic rings. The number of hydrogen-bond donors (Lipinski definition) is 3. The number of anilines is 1. The number of aromatic nitrogens is 1. The van der Waals surface area contributed by atoms with Crippen LogP contribution in [0.5, 0.6) is 0 Å². The van der Waals surface area contributed by atoms with Crippen molar-refractivity contribution in [1.82, 2.24) is 10.3 Å². The minimum absolute atomic E-state index is 0.142. The van der Waals surface area contributed by atoms with E-state index in [9.17, 15) is 4.79 Å². The minimum Gasteiger partial charge on any atom is -0.352 e. The van der Waals surface area contributed by atoms with Crippen molar-refractivity contribution in [1.29, 1.82) is 0 Å². The van der Waals surface area contributed by atoms with Gasteiger partial charge < -0.3 is 10.7 Å². The summed E-state index contributed by atoms with van der Waals surface area (Å²) in [5.74, 6) is 5.17. The average Bonchev–Trinajstić information content (AvgIpc) is 2.34. The molecule has 5 nitrogen and oxygen atoms in total. The Morgan fingerprint density at radius 3 is 3.00 bits per heavy atom. The molecule has 0 atom stereocenters. The lowest BCUT2D eigenvalue weighted by molar-refractivity contribution is 0.0953. The largest absolute Gasteiger partial charge is 0.352 e. The van der Waals surface area contributed by atoms with Crippen LogP contribution in [-0.4, -0.2) is 17.4 Å². The molecule has 88 valence electrons. The molecule has 1 heterocycles. The molecule has 5 heteroatoms. The SMILES string of the molecule is CCCCCNC(=O)c1cnccc1NN. The van der Waals surface area contributed by atoms with E-state index in [2.05, 4.69) is 22.7 Å². The van der Waals surface area contributed by atoms with E-state index in [0.717, 1.165) is 19.3 Å². The summed E-state index contributed by atoms with van der Waals surface area (Å²) < 4.78 is 0. The fourth-order valence-corrected chi connectivity index (χ4v) is 1.37. The van der Waals surface area contributed by atoms with E-state index in [1.807, 2.05) is 0 Å². The van der Waals surface area contributed by atoms with Gasteiger partial charge in [-0.1, -0.05) is 19.8 Å². The lowest BCUT2D eigenvalue weighted by Gasteiger charge is -2.08. The van der Waals surface area contributed by atoms with Crippen molar-refractivity contribution in [3.05, 3.63) is 24.0 Å². The van der Waals surface area contributed by atoms with Gasteiger partial charge in [0.15, 0.2) is 0 Å². The molecule has 0 unspecified atom stereocenters. The maximum absolute atomic E-state index is 11.7. The molecule has 0 fully saturated rings. The molecule has 1 amide bonds. The number of nitrogens with two attached hydrogens (primary N) is 1. The summed E-state index contributed by atoms with van der Waals surface area (Å²) in [4.78, 5) is 15.6. The monoisotopic (exact) mass is 222 g/mol. The normalized spacial score (nSPS) is 9.88. The maximum atomic E-state index is 11.7. The summed E-state index contributed by atoms with van der Waals surface area (Å²) in [7, 11) is 0. The van der Waals surface area contributed by atoms with Gasteiger partial charge in [0.1, 0.15) is 0 Å². The van der Waals surface area contributed by atoms with Crippen LogP contribution in [0, 0.1) is 0 Å². The van der Waals surface area contributed by atoms with E-state index < -0.39 is 0 Å². The van der Waals surface area contributed by atoms with Gasteiger partial charge in [0.2, 0.25) is 0 Å². The average molecular weight is 222 g/mol. The van der Waals surface area contributed by atoms with E-state index in [4.69, 9.17) is 5.84 Å². The summed E-state index contributed by atoms with van der Waals surface area (Å²) >= 11 is 0. The van der Waals surface area contributed by atoms with E-state index in [0.29, 0.717) is 17.8 Å². The standard InChI is InChI=1S/C11H18N4O/c1-2-3-4-6-14-11(16)9-8-13-7-5-10(9)15-12/h5,7-8H,2-4,6,12H2,1H3,(H,13,15)(H,14,16). The molecule has 1 rings (SSSR count). The molecule has 16 heavy (non-hydrogen) atoms. The Morgan fingerprint density at radius 2 is 2.31 bits per heavy atom. The number of unbranched alkanes of at least 4 members (excludes halogenated alkanes) is 2. The molecule has 0 aromatic carbocycles. The fraction of sp³-hybridized carbons (Fsp3) is 0.455. The molecule has 1 aromatic rings. The third kappa shape index (κ3) is 3.51. The van der Waals surface area contributed by atoms with Crippen molar-refractivity contribution in [2.45, 2.75) is 26.2 Å². The first-order valence-electron chi connectivity index (χ1n) is 5.48. The van der Waals surface area contributed by atoms with Crippen LogP contribution in [0.4, 0.5) is 5.69 Å². The van der Waals surface area contributed by atoms with Gasteiger partial charge in [-0.05, 0) is 12.5 Å². The Labute approximate surface area is 95.4 Å². The molecule has 0 saturated heterocycles. The van der Waals surface area contributed by atoms with Gasteiger partial charge in [-0.3, -0.25) is 15.6 Å². The van der Waals surface area contributed by atoms with E-state index in [-0.39, 0.29) is 5.91 Å². The van der Waals surface area contributed by atoms with E-state index in [1.165, 1.54) is 6.20 Å². The summed E-state index contributed by atoms with van der Waals surface area (Å²) in [5.41, 5.74) is 3.54.